The lowest BCUT2D eigenvalue weighted by molar-refractivity contribution is 0.294. The van der Waals surface area contributed by atoms with E-state index in [1.54, 1.807) is 30.5 Å². The van der Waals surface area contributed by atoms with Crippen molar-refractivity contribution in [1.82, 2.24) is 15.4 Å². The van der Waals surface area contributed by atoms with E-state index in [-0.39, 0.29) is 12.4 Å². The maximum absolute atomic E-state index is 13.3. The van der Waals surface area contributed by atoms with Crippen LogP contribution < -0.4 is 15.6 Å². The van der Waals surface area contributed by atoms with Crippen molar-refractivity contribution in [2.45, 2.75) is 23.3 Å². The second-order valence-corrected chi connectivity index (χ2v) is 8.19. The fraction of sp³-hybridized carbons (Fsp3) is 0.0909. The van der Waals surface area contributed by atoms with Gasteiger partial charge < -0.3 is 14.6 Å². The van der Waals surface area contributed by atoms with Crippen LogP contribution in [0.4, 0.5) is 10.1 Å². The number of benzene rings is 2. The Morgan fingerprint density at radius 2 is 2.00 bits per heavy atom. The van der Waals surface area contributed by atoms with Gasteiger partial charge >= 0.3 is 0 Å². The monoisotopic (exact) mass is 454 g/mol. The van der Waals surface area contributed by atoms with Gasteiger partial charge in [0.1, 0.15) is 28.9 Å². The summed E-state index contributed by atoms with van der Waals surface area (Å²) < 4.78 is 25.3. The highest BCUT2D eigenvalue weighted by atomic mass is 35.5. The normalized spacial score (nSPS) is 12.5. The Labute approximate surface area is 186 Å². The lowest BCUT2D eigenvalue weighted by atomic mass is 10.2. The summed E-state index contributed by atoms with van der Waals surface area (Å²) in [5.41, 5.74) is 9.63. The zero-order valence-electron chi connectivity index (χ0n) is 16.1. The van der Waals surface area contributed by atoms with E-state index in [2.05, 4.69) is 20.8 Å². The second-order valence-electron chi connectivity index (χ2n) is 6.76. The third kappa shape index (κ3) is 4.51. The second kappa shape index (κ2) is 8.58. The molecule has 2 aromatic carbocycles. The Bertz CT molecular complexity index is 1220. The fourth-order valence-electron chi connectivity index (χ4n) is 3.06. The van der Waals surface area contributed by atoms with E-state index in [4.69, 9.17) is 20.8 Å². The highest BCUT2D eigenvalue weighted by molar-refractivity contribution is 7.99. The number of fused-ring (bicyclic) bond motifs is 1. The summed E-state index contributed by atoms with van der Waals surface area (Å²) in [7, 11) is 0. The number of pyridine rings is 1. The smallest absolute Gasteiger partial charge is 0.227 e. The highest BCUT2D eigenvalue weighted by Crippen LogP contribution is 2.34. The average molecular weight is 455 g/mol. The molecule has 0 radical (unpaired) electrons. The van der Waals surface area contributed by atoms with E-state index in [9.17, 15) is 4.39 Å². The third-order valence-electron chi connectivity index (χ3n) is 4.60. The molecule has 0 saturated carbocycles. The quantitative estimate of drug-likeness (QED) is 0.387. The van der Waals surface area contributed by atoms with Crippen molar-refractivity contribution < 1.29 is 13.5 Å². The summed E-state index contributed by atoms with van der Waals surface area (Å²) in [6, 6.07) is 15.4. The predicted octanol–water partition coefficient (Wildman–Crippen LogP) is 5.69. The van der Waals surface area contributed by atoms with E-state index in [1.807, 2.05) is 18.2 Å². The van der Waals surface area contributed by atoms with E-state index in [0.717, 1.165) is 23.5 Å². The zero-order valence-corrected chi connectivity index (χ0v) is 17.6. The van der Waals surface area contributed by atoms with Gasteiger partial charge in [-0.05, 0) is 71.9 Å². The third-order valence-corrected chi connectivity index (χ3v) is 5.78. The molecular weight excluding hydrogens is 439 g/mol. The van der Waals surface area contributed by atoms with E-state index < -0.39 is 0 Å². The number of nitrogens with zero attached hydrogens (tertiary/aromatic N) is 2. The van der Waals surface area contributed by atoms with Crippen molar-refractivity contribution in [3.05, 3.63) is 82.9 Å². The van der Waals surface area contributed by atoms with Crippen molar-refractivity contribution >= 4 is 29.1 Å². The van der Waals surface area contributed by atoms with Gasteiger partial charge in [-0.15, -0.1) is 0 Å². The topological polar surface area (TPSA) is 72.2 Å². The summed E-state index contributed by atoms with van der Waals surface area (Å²) in [5, 5.41) is 1.82. The molecule has 0 spiro atoms. The van der Waals surface area contributed by atoms with Crippen LogP contribution in [-0.2, 0) is 13.2 Å². The summed E-state index contributed by atoms with van der Waals surface area (Å²) >= 11 is 7.26. The maximum atomic E-state index is 13.3. The van der Waals surface area contributed by atoms with Gasteiger partial charge in [0.25, 0.3) is 0 Å². The SMILES string of the molecule is Fc1ccc(-c2nc(COc3ccc4c(c3)CNN4)c(Sc3ccc(Cl)cn3)o2)cc1. The minimum atomic E-state index is -0.320. The number of hydrazine groups is 1. The molecule has 5 rings (SSSR count). The van der Waals surface area contributed by atoms with Gasteiger partial charge in [0, 0.05) is 18.3 Å². The molecule has 31 heavy (non-hydrogen) atoms. The van der Waals surface area contributed by atoms with Crippen LogP contribution in [0.5, 0.6) is 5.75 Å². The lowest BCUT2D eigenvalue weighted by Gasteiger charge is -2.07. The van der Waals surface area contributed by atoms with Crippen LogP contribution in [0.3, 0.4) is 0 Å². The van der Waals surface area contributed by atoms with E-state index in [1.165, 1.54) is 23.9 Å². The number of hydrogen-bond acceptors (Lipinski definition) is 7. The standard InChI is InChI=1S/C22H16ClFN4O2S/c23-15-3-8-20(25-11-15)31-22-19(27-21(30-22)13-1-4-16(24)5-2-13)12-29-17-6-7-18-14(9-17)10-26-28-18/h1-9,11,26,28H,10,12H2. The number of anilines is 1. The first-order valence-electron chi connectivity index (χ1n) is 9.44. The number of halogens is 2. The van der Waals surface area contributed by atoms with Crippen LogP contribution in [0.2, 0.25) is 5.02 Å². The number of hydrogen-bond donors (Lipinski definition) is 2. The molecule has 0 amide bonds. The first-order valence-corrected chi connectivity index (χ1v) is 10.6. The number of ether oxygens (including phenoxy) is 1. The van der Waals surface area contributed by atoms with Gasteiger partial charge in [0.05, 0.1) is 10.7 Å². The molecule has 0 saturated heterocycles. The summed E-state index contributed by atoms with van der Waals surface area (Å²) in [4.78, 5) is 8.90. The molecule has 6 nitrogen and oxygen atoms in total. The van der Waals surface area contributed by atoms with E-state index in [0.29, 0.717) is 32.3 Å². The molecule has 4 aromatic rings. The van der Waals surface area contributed by atoms with Gasteiger partial charge in [-0.25, -0.2) is 19.8 Å². The van der Waals surface area contributed by atoms with Crippen LogP contribution in [0.15, 0.2) is 75.3 Å². The summed E-state index contributed by atoms with van der Waals surface area (Å²) in [6.45, 7) is 0.939. The largest absolute Gasteiger partial charge is 0.487 e. The molecule has 3 heterocycles. The van der Waals surface area contributed by atoms with Gasteiger partial charge in [-0.1, -0.05) is 11.6 Å². The van der Waals surface area contributed by atoms with Gasteiger partial charge in [0.2, 0.25) is 5.89 Å². The number of nitrogens with one attached hydrogen (secondary N) is 2. The van der Waals surface area contributed by atoms with Crippen LogP contribution in [0, 0.1) is 5.82 Å². The Morgan fingerprint density at radius 1 is 1.13 bits per heavy atom. The molecule has 0 atom stereocenters. The van der Waals surface area contributed by atoms with Crippen LogP contribution in [0.25, 0.3) is 11.5 Å². The molecular formula is C22H16ClFN4O2S. The predicted molar refractivity (Wildman–Crippen MR) is 117 cm³/mol. The van der Waals surface area contributed by atoms with Gasteiger partial charge in [-0.3, -0.25) is 0 Å². The Hall–Kier alpha value is -3.07. The molecule has 0 fully saturated rings. The minimum Gasteiger partial charge on any atom is -0.487 e. The minimum absolute atomic E-state index is 0.209. The van der Waals surface area contributed by atoms with Crippen LogP contribution >= 0.6 is 23.4 Å². The zero-order chi connectivity index (χ0) is 21.2. The maximum Gasteiger partial charge on any atom is 0.227 e. The van der Waals surface area contributed by atoms with Crippen LogP contribution in [0.1, 0.15) is 11.3 Å². The molecule has 1 aliphatic rings. The van der Waals surface area contributed by atoms with Crippen molar-refractivity contribution in [3.8, 4) is 17.2 Å². The Morgan fingerprint density at radius 3 is 2.81 bits per heavy atom. The Kier molecular flexibility index (Phi) is 5.50. The molecule has 2 N–H and O–H groups in total. The van der Waals surface area contributed by atoms with Gasteiger partial charge in [-0.2, -0.15) is 0 Å². The molecule has 0 aliphatic carbocycles. The lowest BCUT2D eigenvalue weighted by Crippen LogP contribution is -2.10. The van der Waals surface area contributed by atoms with E-state index >= 15 is 0 Å². The number of rotatable bonds is 6. The first-order chi connectivity index (χ1) is 15.1. The number of aromatic nitrogens is 2. The highest BCUT2D eigenvalue weighted by Gasteiger charge is 2.18. The van der Waals surface area contributed by atoms with Crippen molar-refractivity contribution in [2.75, 3.05) is 5.43 Å². The molecule has 2 aromatic heterocycles. The molecule has 0 bridgehead atoms. The summed E-state index contributed by atoms with van der Waals surface area (Å²) in [6.07, 6.45) is 1.57. The molecule has 1 aliphatic heterocycles. The summed E-state index contributed by atoms with van der Waals surface area (Å²) in [5.74, 6) is 0.799. The molecule has 0 unspecified atom stereocenters. The molecule has 9 heteroatoms. The van der Waals surface area contributed by atoms with Gasteiger partial charge in [0.15, 0.2) is 5.09 Å². The Balaban J connectivity index is 1.42. The number of oxazole rings is 1. The fourth-order valence-corrected chi connectivity index (χ4v) is 3.94. The van der Waals surface area contributed by atoms with Crippen molar-refractivity contribution in [1.29, 1.82) is 0 Å². The van der Waals surface area contributed by atoms with Crippen molar-refractivity contribution in [2.24, 2.45) is 0 Å². The van der Waals surface area contributed by atoms with Crippen LogP contribution in [-0.4, -0.2) is 9.97 Å². The average Bonchev–Trinajstić information content (AvgIpc) is 3.41. The molecule has 156 valence electrons. The first kappa shape index (κ1) is 19.9. The van der Waals surface area contributed by atoms with Crippen molar-refractivity contribution in [3.63, 3.8) is 0 Å².